The molecule has 0 amide bonds. The largest absolute Gasteiger partial charge is 0.477 e. The molecule has 4 nitrogen and oxygen atoms in total. The third-order valence-electron chi connectivity index (χ3n) is 5.34. The maximum Gasteiger partial charge on any atom is 0.336 e. The zero-order valence-electron chi connectivity index (χ0n) is 15.4. The predicted octanol–water partition coefficient (Wildman–Crippen LogP) is 4.58. The molecule has 2 aromatic carbocycles. The lowest BCUT2D eigenvalue weighted by molar-refractivity contribution is 0.0613. The van der Waals surface area contributed by atoms with Crippen molar-refractivity contribution in [2.45, 2.75) is 39.8 Å². The van der Waals surface area contributed by atoms with Gasteiger partial charge in [-0.2, -0.15) is 0 Å². The van der Waals surface area contributed by atoms with Gasteiger partial charge in [0.25, 0.3) is 0 Å². The molecule has 26 heavy (non-hydrogen) atoms. The minimum absolute atomic E-state index is 0.264. The Morgan fingerprint density at radius 2 is 1.96 bits per heavy atom. The molecule has 0 bridgehead atoms. The van der Waals surface area contributed by atoms with Crippen LogP contribution in [0.4, 0.5) is 0 Å². The van der Waals surface area contributed by atoms with Gasteiger partial charge in [0.2, 0.25) is 0 Å². The van der Waals surface area contributed by atoms with E-state index in [1.807, 2.05) is 13.0 Å². The van der Waals surface area contributed by atoms with Crippen LogP contribution in [0.25, 0.3) is 11.0 Å². The van der Waals surface area contributed by atoms with Crippen LogP contribution in [0.15, 0.2) is 51.7 Å². The minimum Gasteiger partial charge on any atom is -0.477 e. The number of nitrogens with zero attached hydrogens (tertiary/aromatic N) is 1. The molecule has 3 aromatic rings. The van der Waals surface area contributed by atoms with Crippen molar-refractivity contribution in [3.05, 3.63) is 75.1 Å². The van der Waals surface area contributed by atoms with Gasteiger partial charge in [-0.3, -0.25) is 4.90 Å². The van der Waals surface area contributed by atoms with Crippen LogP contribution in [-0.2, 0) is 13.0 Å². The lowest BCUT2D eigenvalue weighted by Gasteiger charge is -2.34. The Balaban J connectivity index is 1.76. The molecule has 4 rings (SSSR count). The van der Waals surface area contributed by atoms with Gasteiger partial charge >= 0.3 is 5.63 Å². The number of fused-ring (bicyclic) bond motifs is 2. The Kier molecular flexibility index (Phi) is 4.29. The number of aryl methyl sites for hydroxylation is 2. The molecule has 0 radical (unpaired) electrons. The van der Waals surface area contributed by atoms with Crippen molar-refractivity contribution >= 4 is 11.0 Å². The smallest absolute Gasteiger partial charge is 0.336 e. The highest BCUT2D eigenvalue weighted by molar-refractivity contribution is 5.86. The summed E-state index contributed by atoms with van der Waals surface area (Å²) in [5.41, 5.74) is 4.71. The number of ether oxygens (including phenoxy) is 1. The van der Waals surface area contributed by atoms with Crippen LogP contribution < -0.4 is 10.4 Å². The second kappa shape index (κ2) is 6.61. The predicted molar refractivity (Wildman–Crippen MR) is 102 cm³/mol. The van der Waals surface area contributed by atoms with Gasteiger partial charge in [0.15, 0.2) is 0 Å². The maximum atomic E-state index is 11.9. The molecule has 1 aliphatic rings. The van der Waals surface area contributed by atoms with Gasteiger partial charge in [0.1, 0.15) is 18.1 Å². The van der Waals surface area contributed by atoms with Crippen molar-refractivity contribution in [2.75, 3.05) is 6.73 Å². The summed E-state index contributed by atoms with van der Waals surface area (Å²) in [4.78, 5) is 14.2. The molecule has 0 unspecified atom stereocenters. The van der Waals surface area contributed by atoms with E-state index in [-0.39, 0.29) is 11.7 Å². The van der Waals surface area contributed by atoms with Crippen molar-refractivity contribution in [3.63, 3.8) is 0 Å². The van der Waals surface area contributed by atoms with E-state index in [0.717, 1.165) is 40.8 Å². The highest BCUT2D eigenvalue weighted by Crippen LogP contribution is 2.37. The second-order valence-corrected chi connectivity index (χ2v) is 6.92. The van der Waals surface area contributed by atoms with Crippen LogP contribution in [0.3, 0.4) is 0 Å². The SMILES string of the molecule is CCc1cc(=O)oc2c(C)c3c(cc12)CN([C@H](C)c1ccccc1)CO3. The van der Waals surface area contributed by atoms with Crippen LogP contribution in [0.2, 0.25) is 0 Å². The number of hydrogen-bond acceptors (Lipinski definition) is 4. The van der Waals surface area contributed by atoms with Gasteiger partial charge in [-0.15, -0.1) is 0 Å². The fraction of sp³-hybridized carbons (Fsp3) is 0.318. The number of hydrogen-bond donors (Lipinski definition) is 0. The van der Waals surface area contributed by atoms with E-state index in [1.165, 1.54) is 5.56 Å². The zero-order valence-corrected chi connectivity index (χ0v) is 15.4. The molecule has 4 heteroatoms. The Morgan fingerprint density at radius 3 is 2.69 bits per heavy atom. The van der Waals surface area contributed by atoms with Gasteiger partial charge in [-0.25, -0.2) is 4.79 Å². The highest BCUT2D eigenvalue weighted by atomic mass is 16.5. The molecule has 0 fully saturated rings. The molecular formula is C22H23NO3. The third-order valence-corrected chi connectivity index (χ3v) is 5.34. The first-order valence-electron chi connectivity index (χ1n) is 9.09. The van der Waals surface area contributed by atoms with Crippen LogP contribution in [0, 0.1) is 6.92 Å². The Morgan fingerprint density at radius 1 is 1.19 bits per heavy atom. The summed E-state index contributed by atoms with van der Waals surface area (Å²) in [6.45, 7) is 7.56. The van der Waals surface area contributed by atoms with Crippen LogP contribution in [0.1, 0.15) is 42.1 Å². The van der Waals surface area contributed by atoms with Crippen molar-refractivity contribution in [3.8, 4) is 5.75 Å². The summed E-state index contributed by atoms with van der Waals surface area (Å²) in [6.07, 6.45) is 0.797. The van der Waals surface area contributed by atoms with Gasteiger partial charge in [0.05, 0.1) is 0 Å². The van der Waals surface area contributed by atoms with E-state index in [9.17, 15) is 4.79 Å². The van der Waals surface area contributed by atoms with Gasteiger partial charge < -0.3 is 9.15 Å². The van der Waals surface area contributed by atoms with E-state index in [2.05, 4.69) is 49.1 Å². The van der Waals surface area contributed by atoms with Crippen LogP contribution in [0.5, 0.6) is 5.75 Å². The summed E-state index contributed by atoms with van der Waals surface area (Å²) >= 11 is 0. The summed E-state index contributed by atoms with van der Waals surface area (Å²) in [7, 11) is 0. The average molecular weight is 349 g/mol. The average Bonchev–Trinajstić information content (AvgIpc) is 2.68. The monoisotopic (exact) mass is 349 g/mol. The van der Waals surface area contributed by atoms with Crippen molar-refractivity contribution in [1.82, 2.24) is 4.90 Å². The molecule has 0 aliphatic carbocycles. The fourth-order valence-corrected chi connectivity index (χ4v) is 3.79. The number of benzene rings is 2. The lowest BCUT2D eigenvalue weighted by atomic mass is 9.98. The van der Waals surface area contributed by atoms with E-state index >= 15 is 0 Å². The number of rotatable bonds is 3. The fourth-order valence-electron chi connectivity index (χ4n) is 3.79. The molecular weight excluding hydrogens is 326 g/mol. The van der Waals surface area contributed by atoms with E-state index in [0.29, 0.717) is 12.3 Å². The topological polar surface area (TPSA) is 42.7 Å². The van der Waals surface area contributed by atoms with Gasteiger partial charge in [-0.1, -0.05) is 37.3 Å². The Labute approximate surface area is 153 Å². The first-order valence-corrected chi connectivity index (χ1v) is 9.09. The quantitative estimate of drug-likeness (QED) is 0.649. The summed E-state index contributed by atoms with van der Waals surface area (Å²) in [5, 5.41) is 1.01. The van der Waals surface area contributed by atoms with Crippen LogP contribution in [-0.4, -0.2) is 11.6 Å². The zero-order chi connectivity index (χ0) is 18.3. The molecule has 0 saturated heterocycles. The van der Waals surface area contributed by atoms with Crippen molar-refractivity contribution < 1.29 is 9.15 Å². The van der Waals surface area contributed by atoms with E-state index in [1.54, 1.807) is 6.07 Å². The van der Waals surface area contributed by atoms with E-state index < -0.39 is 0 Å². The van der Waals surface area contributed by atoms with E-state index in [4.69, 9.17) is 9.15 Å². The first kappa shape index (κ1) is 16.9. The minimum atomic E-state index is -0.299. The first-order chi connectivity index (χ1) is 12.6. The van der Waals surface area contributed by atoms with Crippen molar-refractivity contribution in [1.29, 1.82) is 0 Å². The molecule has 1 aliphatic heterocycles. The molecule has 0 spiro atoms. The molecule has 1 atom stereocenters. The lowest BCUT2D eigenvalue weighted by Crippen LogP contribution is -2.34. The third kappa shape index (κ3) is 2.80. The molecule has 0 saturated carbocycles. The molecule has 134 valence electrons. The maximum absolute atomic E-state index is 11.9. The van der Waals surface area contributed by atoms with Crippen LogP contribution >= 0.6 is 0 Å². The summed E-state index contributed by atoms with van der Waals surface area (Å²) < 4.78 is 11.6. The van der Waals surface area contributed by atoms with Gasteiger partial charge in [0, 0.05) is 35.2 Å². The van der Waals surface area contributed by atoms with Crippen molar-refractivity contribution in [2.24, 2.45) is 0 Å². The molecule has 0 N–H and O–H groups in total. The Bertz CT molecular complexity index is 1010. The standard InChI is InChI=1S/C22H23NO3/c1-4-16-11-20(24)26-22-14(2)21-18(10-19(16)22)12-23(13-25-21)15(3)17-8-6-5-7-9-17/h5-11,15H,4,12-13H2,1-3H3/t15-/m1/s1. The summed E-state index contributed by atoms with van der Waals surface area (Å²) in [6, 6.07) is 14.5. The molecule has 1 aromatic heterocycles. The molecule has 2 heterocycles. The Hall–Kier alpha value is -2.59. The van der Waals surface area contributed by atoms with Gasteiger partial charge in [-0.05, 0) is 37.5 Å². The second-order valence-electron chi connectivity index (χ2n) is 6.92. The summed E-state index contributed by atoms with van der Waals surface area (Å²) in [5.74, 6) is 0.852. The normalized spacial score (nSPS) is 15.5. The highest BCUT2D eigenvalue weighted by Gasteiger charge is 2.26.